The predicted octanol–water partition coefficient (Wildman–Crippen LogP) is 2.40. The summed E-state index contributed by atoms with van der Waals surface area (Å²) in [4.78, 5) is 34.4. The van der Waals surface area contributed by atoms with Crippen LogP contribution >= 0.6 is 0 Å². The molecule has 1 aromatic carbocycles. The van der Waals surface area contributed by atoms with Gasteiger partial charge in [-0.2, -0.15) is 0 Å². The van der Waals surface area contributed by atoms with E-state index < -0.39 is 6.04 Å². The topological polar surface area (TPSA) is 70.5 Å². The van der Waals surface area contributed by atoms with Crippen molar-refractivity contribution in [1.82, 2.24) is 19.8 Å². The summed E-state index contributed by atoms with van der Waals surface area (Å²) in [5, 5.41) is 3.01. The lowest BCUT2D eigenvalue weighted by molar-refractivity contribution is -0.128. The Balaban J connectivity index is 1.34. The molecule has 1 N–H and O–H groups in total. The number of carbonyl (C=O) groups excluding carboxylic acids is 2. The molecular formula is C23H31N5O2. The molecule has 30 heavy (non-hydrogen) atoms. The third-order valence-corrected chi connectivity index (χ3v) is 6.12. The first-order chi connectivity index (χ1) is 14.7. The first-order valence-electron chi connectivity index (χ1n) is 11.1. The Morgan fingerprint density at radius 3 is 2.73 bits per heavy atom. The summed E-state index contributed by atoms with van der Waals surface area (Å²) >= 11 is 0. The number of para-hydroxylation sites is 1. The number of imidazole rings is 1. The summed E-state index contributed by atoms with van der Waals surface area (Å²) < 4.78 is 1.75. The van der Waals surface area contributed by atoms with Crippen LogP contribution in [0, 0.1) is 0 Å². The summed E-state index contributed by atoms with van der Waals surface area (Å²) in [6.07, 6.45) is 10.8. The summed E-state index contributed by atoms with van der Waals surface area (Å²) in [6, 6.07) is 7.40. The third-order valence-electron chi connectivity index (χ3n) is 6.12. The van der Waals surface area contributed by atoms with Gasteiger partial charge in [0.1, 0.15) is 6.04 Å². The van der Waals surface area contributed by atoms with E-state index in [9.17, 15) is 9.59 Å². The number of amides is 2. The number of benzene rings is 1. The second-order valence-electron chi connectivity index (χ2n) is 8.20. The van der Waals surface area contributed by atoms with Crippen molar-refractivity contribution in [1.29, 1.82) is 0 Å². The van der Waals surface area contributed by atoms with Gasteiger partial charge >= 0.3 is 0 Å². The van der Waals surface area contributed by atoms with Crippen LogP contribution in [-0.4, -0.2) is 59.0 Å². The highest BCUT2D eigenvalue weighted by atomic mass is 16.2. The molecule has 7 nitrogen and oxygen atoms in total. The average Bonchev–Trinajstić information content (AvgIpc) is 3.45. The maximum Gasteiger partial charge on any atom is 0.250 e. The molecule has 2 aromatic rings. The smallest absolute Gasteiger partial charge is 0.250 e. The molecule has 2 aliphatic heterocycles. The number of likely N-dealkylation sites (tertiary alicyclic amines) is 1. The van der Waals surface area contributed by atoms with E-state index in [1.165, 1.54) is 37.9 Å². The Hall–Kier alpha value is -2.67. The summed E-state index contributed by atoms with van der Waals surface area (Å²) in [5.41, 5.74) is 2.13. The van der Waals surface area contributed by atoms with Gasteiger partial charge in [0.05, 0.1) is 12.7 Å². The van der Waals surface area contributed by atoms with Crippen molar-refractivity contribution in [2.24, 2.45) is 0 Å². The molecular weight excluding hydrogens is 378 g/mol. The number of nitrogens with zero attached hydrogens (tertiary/aromatic N) is 4. The van der Waals surface area contributed by atoms with Crippen LogP contribution in [0.25, 0.3) is 0 Å². The molecule has 2 amide bonds. The lowest BCUT2D eigenvalue weighted by atomic mass is 10.1. The Morgan fingerprint density at radius 2 is 1.93 bits per heavy atom. The van der Waals surface area contributed by atoms with Crippen LogP contribution in [-0.2, 0) is 16.0 Å². The van der Waals surface area contributed by atoms with Crippen LogP contribution in [0.3, 0.4) is 0 Å². The van der Waals surface area contributed by atoms with Crippen molar-refractivity contribution in [3.05, 3.63) is 48.5 Å². The third kappa shape index (κ3) is 4.90. The molecule has 1 fully saturated rings. The van der Waals surface area contributed by atoms with Gasteiger partial charge in [-0.25, -0.2) is 4.98 Å². The van der Waals surface area contributed by atoms with Gasteiger partial charge in [0.2, 0.25) is 5.91 Å². The molecule has 0 aliphatic carbocycles. The SMILES string of the molecule is O=C(C[C@@H](C(=O)N1CCc2ccccc21)n1ccnc1)NCCCN1CCCCC1. The van der Waals surface area contributed by atoms with E-state index >= 15 is 0 Å². The standard InChI is InChI=1S/C23H31N5O2/c29-22(25-10-6-14-26-12-4-1-5-13-26)17-21(27-16-11-24-18-27)23(30)28-15-9-19-7-2-3-8-20(19)28/h2-3,7-8,11,16,18,21H,1,4-6,9-10,12-15,17H2,(H,25,29)/t21-/m0/s1. The van der Waals surface area contributed by atoms with E-state index in [0.717, 1.165) is 25.1 Å². The molecule has 1 aromatic heterocycles. The van der Waals surface area contributed by atoms with Gasteiger partial charge in [-0.3, -0.25) is 9.59 Å². The van der Waals surface area contributed by atoms with Gasteiger partial charge in [0.15, 0.2) is 0 Å². The van der Waals surface area contributed by atoms with E-state index in [-0.39, 0.29) is 18.2 Å². The number of anilines is 1. The van der Waals surface area contributed by atoms with Crippen LogP contribution < -0.4 is 10.2 Å². The Bertz CT molecular complexity index is 845. The van der Waals surface area contributed by atoms with Crippen molar-refractivity contribution in [2.75, 3.05) is 37.6 Å². The molecule has 0 saturated carbocycles. The minimum atomic E-state index is -0.583. The fourth-order valence-corrected chi connectivity index (χ4v) is 4.48. The van der Waals surface area contributed by atoms with Gasteiger partial charge in [-0.15, -0.1) is 0 Å². The van der Waals surface area contributed by atoms with E-state index in [1.807, 2.05) is 23.1 Å². The summed E-state index contributed by atoms with van der Waals surface area (Å²) in [7, 11) is 0. The number of hydrogen-bond donors (Lipinski definition) is 1. The van der Waals surface area contributed by atoms with Crippen LogP contribution in [0.1, 0.15) is 43.7 Å². The fraction of sp³-hybridized carbons (Fsp3) is 0.522. The van der Waals surface area contributed by atoms with Gasteiger partial charge in [-0.1, -0.05) is 24.6 Å². The zero-order valence-electron chi connectivity index (χ0n) is 17.5. The highest BCUT2D eigenvalue weighted by Crippen LogP contribution is 2.30. The minimum Gasteiger partial charge on any atom is -0.356 e. The monoisotopic (exact) mass is 409 g/mol. The Kier molecular flexibility index (Phi) is 6.79. The van der Waals surface area contributed by atoms with Crippen LogP contribution in [0.15, 0.2) is 43.0 Å². The molecule has 0 radical (unpaired) electrons. The van der Waals surface area contributed by atoms with Gasteiger partial charge < -0.3 is 19.7 Å². The second kappa shape index (κ2) is 9.89. The molecule has 1 saturated heterocycles. The van der Waals surface area contributed by atoms with Crippen LogP contribution in [0.2, 0.25) is 0 Å². The molecule has 0 unspecified atom stereocenters. The number of aromatic nitrogens is 2. The molecule has 4 rings (SSSR count). The maximum atomic E-state index is 13.4. The molecule has 0 bridgehead atoms. The second-order valence-corrected chi connectivity index (χ2v) is 8.20. The van der Waals surface area contributed by atoms with E-state index in [4.69, 9.17) is 0 Å². The van der Waals surface area contributed by atoms with Crippen LogP contribution in [0.5, 0.6) is 0 Å². The zero-order valence-corrected chi connectivity index (χ0v) is 17.5. The molecule has 160 valence electrons. The average molecular weight is 410 g/mol. The van der Waals surface area contributed by atoms with Gasteiger partial charge in [-0.05, 0) is 56.9 Å². The van der Waals surface area contributed by atoms with E-state index in [0.29, 0.717) is 13.1 Å². The highest BCUT2D eigenvalue weighted by Gasteiger charge is 2.32. The lowest BCUT2D eigenvalue weighted by Crippen LogP contribution is -2.39. The van der Waals surface area contributed by atoms with Gasteiger partial charge in [0.25, 0.3) is 5.91 Å². The molecule has 2 aliphatic rings. The summed E-state index contributed by atoms with van der Waals surface area (Å²) in [6.45, 7) is 4.66. The van der Waals surface area contributed by atoms with E-state index in [2.05, 4.69) is 21.3 Å². The quantitative estimate of drug-likeness (QED) is 0.680. The van der Waals surface area contributed by atoms with Crippen molar-refractivity contribution >= 4 is 17.5 Å². The molecule has 3 heterocycles. The number of fused-ring (bicyclic) bond motifs is 1. The fourth-order valence-electron chi connectivity index (χ4n) is 4.48. The molecule has 0 spiro atoms. The normalized spacial score (nSPS) is 17.5. The highest BCUT2D eigenvalue weighted by molar-refractivity contribution is 6.00. The zero-order chi connectivity index (χ0) is 20.8. The minimum absolute atomic E-state index is 0.0542. The summed E-state index contributed by atoms with van der Waals surface area (Å²) in [5.74, 6) is -0.144. The Labute approximate surface area is 178 Å². The van der Waals surface area contributed by atoms with E-state index in [1.54, 1.807) is 23.3 Å². The largest absolute Gasteiger partial charge is 0.356 e. The number of rotatable bonds is 8. The maximum absolute atomic E-state index is 13.4. The predicted molar refractivity (Wildman–Crippen MR) is 116 cm³/mol. The van der Waals surface area contributed by atoms with Gasteiger partial charge in [0, 0.05) is 31.2 Å². The molecule has 1 atom stereocenters. The molecule has 7 heteroatoms. The van der Waals surface area contributed by atoms with Crippen molar-refractivity contribution < 1.29 is 9.59 Å². The van der Waals surface area contributed by atoms with Crippen molar-refractivity contribution in [3.8, 4) is 0 Å². The lowest BCUT2D eigenvalue weighted by Gasteiger charge is -2.26. The Morgan fingerprint density at radius 1 is 1.10 bits per heavy atom. The van der Waals surface area contributed by atoms with Crippen molar-refractivity contribution in [2.45, 2.75) is 44.6 Å². The number of hydrogen-bond acceptors (Lipinski definition) is 4. The number of nitrogens with one attached hydrogen (secondary N) is 1. The first kappa shape index (κ1) is 20.6. The number of carbonyl (C=O) groups is 2. The number of piperidine rings is 1. The van der Waals surface area contributed by atoms with Crippen molar-refractivity contribution in [3.63, 3.8) is 0 Å². The van der Waals surface area contributed by atoms with Crippen LogP contribution in [0.4, 0.5) is 5.69 Å². The first-order valence-corrected chi connectivity index (χ1v) is 11.1.